The molecule has 0 aliphatic carbocycles. The third-order valence-electron chi connectivity index (χ3n) is 3.65. The summed E-state index contributed by atoms with van der Waals surface area (Å²) in [5.41, 5.74) is 1.46. The van der Waals surface area contributed by atoms with Crippen LogP contribution in [0.1, 0.15) is 37.0 Å². The first-order valence-corrected chi connectivity index (χ1v) is 7.47. The van der Waals surface area contributed by atoms with Crippen molar-refractivity contribution in [1.82, 2.24) is 4.98 Å². The van der Waals surface area contributed by atoms with E-state index in [9.17, 15) is 9.59 Å². The number of ether oxygens (including phenoxy) is 1. The van der Waals surface area contributed by atoms with Crippen molar-refractivity contribution in [3.8, 4) is 0 Å². The maximum atomic E-state index is 12.5. The van der Waals surface area contributed by atoms with Gasteiger partial charge in [-0.1, -0.05) is 19.9 Å². The van der Waals surface area contributed by atoms with Crippen molar-refractivity contribution >= 4 is 22.7 Å². The summed E-state index contributed by atoms with van der Waals surface area (Å²) in [5.74, 6) is -0.411. The lowest BCUT2D eigenvalue weighted by Gasteiger charge is -2.16. The van der Waals surface area contributed by atoms with Gasteiger partial charge in [0.1, 0.15) is 0 Å². The van der Waals surface area contributed by atoms with Gasteiger partial charge in [-0.05, 0) is 36.6 Å². The summed E-state index contributed by atoms with van der Waals surface area (Å²) in [7, 11) is 1.36. The molecule has 4 nitrogen and oxygen atoms in total. The number of fused-ring (bicyclic) bond motifs is 1. The molecule has 1 aromatic heterocycles. The van der Waals surface area contributed by atoms with Crippen LogP contribution in [0.15, 0.2) is 36.5 Å². The fourth-order valence-corrected chi connectivity index (χ4v) is 2.59. The predicted octanol–water partition coefficient (Wildman–Crippen LogP) is 3.64. The van der Waals surface area contributed by atoms with Crippen LogP contribution >= 0.6 is 0 Å². The molecule has 0 unspecified atom stereocenters. The molecule has 0 N–H and O–H groups in total. The molecule has 0 saturated heterocycles. The number of nitrogens with zero attached hydrogens (tertiary/aromatic N) is 1. The molecule has 0 aliphatic heterocycles. The van der Waals surface area contributed by atoms with Crippen molar-refractivity contribution in [2.45, 2.75) is 26.7 Å². The standard InChI is InChI=1S/C18H21NO3/c1-12(2)9-15(18(21)22-3)11-17(20)14-6-7-16-13(10-14)5-4-8-19-16/h4-8,10,12,15H,9,11H2,1-3H3/t15-/m0/s1. The highest BCUT2D eigenvalue weighted by Crippen LogP contribution is 2.21. The number of hydrogen-bond acceptors (Lipinski definition) is 4. The topological polar surface area (TPSA) is 56.3 Å². The molecule has 0 saturated carbocycles. The second-order valence-corrected chi connectivity index (χ2v) is 5.89. The molecule has 2 rings (SSSR count). The van der Waals surface area contributed by atoms with E-state index in [0.717, 1.165) is 10.9 Å². The van der Waals surface area contributed by atoms with Crippen molar-refractivity contribution in [3.05, 3.63) is 42.1 Å². The summed E-state index contributed by atoms with van der Waals surface area (Å²) in [5, 5.41) is 0.923. The van der Waals surface area contributed by atoms with Crippen molar-refractivity contribution in [3.63, 3.8) is 0 Å². The van der Waals surface area contributed by atoms with Gasteiger partial charge in [0.25, 0.3) is 0 Å². The quantitative estimate of drug-likeness (QED) is 0.603. The number of methoxy groups -OCH3 is 1. The van der Waals surface area contributed by atoms with Crippen molar-refractivity contribution in [2.24, 2.45) is 11.8 Å². The van der Waals surface area contributed by atoms with E-state index in [-0.39, 0.29) is 24.1 Å². The first kappa shape index (κ1) is 16.1. The summed E-state index contributed by atoms with van der Waals surface area (Å²) >= 11 is 0. The van der Waals surface area contributed by atoms with Crippen molar-refractivity contribution in [2.75, 3.05) is 7.11 Å². The Kier molecular flexibility index (Phi) is 5.26. The maximum absolute atomic E-state index is 12.5. The highest BCUT2D eigenvalue weighted by molar-refractivity contribution is 6.00. The highest BCUT2D eigenvalue weighted by Gasteiger charge is 2.24. The van der Waals surface area contributed by atoms with Gasteiger partial charge in [-0.25, -0.2) is 0 Å². The average Bonchev–Trinajstić information content (AvgIpc) is 2.52. The third kappa shape index (κ3) is 3.91. The van der Waals surface area contributed by atoms with Crippen LogP contribution < -0.4 is 0 Å². The minimum atomic E-state index is -0.387. The van der Waals surface area contributed by atoms with Crippen LogP contribution in [0.3, 0.4) is 0 Å². The Labute approximate surface area is 130 Å². The van der Waals surface area contributed by atoms with Crippen molar-refractivity contribution < 1.29 is 14.3 Å². The molecule has 116 valence electrons. The van der Waals surface area contributed by atoms with Crippen LogP contribution in [-0.4, -0.2) is 23.8 Å². The minimum Gasteiger partial charge on any atom is -0.469 e. The van der Waals surface area contributed by atoms with Crippen LogP contribution in [0.5, 0.6) is 0 Å². The monoisotopic (exact) mass is 299 g/mol. The van der Waals surface area contributed by atoms with Gasteiger partial charge in [-0.15, -0.1) is 0 Å². The zero-order valence-corrected chi connectivity index (χ0v) is 13.2. The predicted molar refractivity (Wildman–Crippen MR) is 85.7 cm³/mol. The van der Waals surface area contributed by atoms with Gasteiger partial charge in [-0.2, -0.15) is 0 Å². The summed E-state index contributed by atoms with van der Waals surface area (Å²) in [6.45, 7) is 4.06. The molecule has 0 amide bonds. The minimum absolute atomic E-state index is 0.0400. The molecule has 22 heavy (non-hydrogen) atoms. The fourth-order valence-electron chi connectivity index (χ4n) is 2.59. The van der Waals surface area contributed by atoms with E-state index < -0.39 is 0 Å². The van der Waals surface area contributed by atoms with Gasteiger partial charge in [0.2, 0.25) is 0 Å². The van der Waals surface area contributed by atoms with Crippen LogP contribution in [0.25, 0.3) is 10.9 Å². The Bertz CT molecular complexity index is 679. The molecule has 0 fully saturated rings. The van der Waals surface area contributed by atoms with E-state index >= 15 is 0 Å². The Morgan fingerprint density at radius 3 is 2.68 bits per heavy atom. The first-order chi connectivity index (χ1) is 10.5. The summed E-state index contributed by atoms with van der Waals surface area (Å²) < 4.78 is 4.82. The van der Waals surface area contributed by atoms with Crippen LogP contribution in [0.2, 0.25) is 0 Å². The largest absolute Gasteiger partial charge is 0.469 e. The lowest BCUT2D eigenvalue weighted by molar-refractivity contribution is -0.145. The Morgan fingerprint density at radius 2 is 2.00 bits per heavy atom. The number of benzene rings is 1. The van der Waals surface area contributed by atoms with E-state index in [2.05, 4.69) is 4.98 Å². The number of aromatic nitrogens is 1. The molecule has 2 aromatic rings. The molecule has 0 radical (unpaired) electrons. The molecule has 0 bridgehead atoms. The molecule has 1 atom stereocenters. The smallest absolute Gasteiger partial charge is 0.309 e. The third-order valence-corrected chi connectivity index (χ3v) is 3.65. The normalized spacial score (nSPS) is 12.4. The van der Waals surface area contributed by atoms with Gasteiger partial charge in [0.15, 0.2) is 5.78 Å². The summed E-state index contributed by atoms with van der Waals surface area (Å²) in [6.07, 6.45) is 2.55. The number of pyridine rings is 1. The van der Waals surface area contributed by atoms with Crippen molar-refractivity contribution in [1.29, 1.82) is 0 Å². The van der Waals surface area contributed by atoms with E-state index in [1.54, 1.807) is 12.3 Å². The number of esters is 1. The molecular weight excluding hydrogens is 278 g/mol. The van der Waals surface area contributed by atoms with E-state index in [0.29, 0.717) is 17.9 Å². The van der Waals surface area contributed by atoms with Gasteiger partial charge < -0.3 is 4.74 Å². The highest BCUT2D eigenvalue weighted by atomic mass is 16.5. The SMILES string of the molecule is COC(=O)[C@H](CC(=O)c1ccc2ncccc2c1)CC(C)C. The van der Waals surface area contributed by atoms with Gasteiger partial charge in [-0.3, -0.25) is 14.6 Å². The Balaban J connectivity index is 2.19. The van der Waals surface area contributed by atoms with Crippen LogP contribution in [0, 0.1) is 11.8 Å². The van der Waals surface area contributed by atoms with E-state index in [1.165, 1.54) is 7.11 Å². The summed E-state index contributed by atoms with van der Waals surface area (Å²) in [4.78, 5) is 28.6. The number of Topliss-reactive ketones (excluding diaryl/α,β-unsaturated/α-hetero) is 1. The van der Waals surface area contributed by atoms with Gasteiger partial charge >= 0.3 is 5.97 Å². The fraction of sp³-hybridized carbons (Fsp3) is 0.389. The number of carbonyl (C=O) groups is 2. The van der Waals surface area contributed by atoms with E-state index in [4.69, 9.17) is 4.74 Å². The Morgan fingerprint density at radius 1 is 1.23 bits per heavy atom. The van der Waals surface area contributed by atoms with E-state index in [1.807, 2.05) is 38.1 Å². The zero-order valence-electron chi connectivity index (χ0n) is 13.2. The zero-order chi connectivity index (χ0) is 16.1. The average molecular weight is 299 g/mol. The second kappa shape index (κ2) is 7.16. The van der Waals surface area contributed by atoms with Gasteiger partial charge in [0, 0.05) is 23.6 Å². The summed E-state index contributed by atoms with van der Waals surface area (Å²) in [6, 6.07) is 9.19. The van der Waals surface area contributed by atoms with Crippen LogP contribution in [-0.2, 0) is 9.53 Å². The second-order valence-electron chi connectivity index (χ2n) is 5.89. The first-order valence-electron chi connectivity index (χ1n) is 7.47. The number of carbonyl (C=O) groups excluding carboxylic acids is 2. The lowest BCUT2D eigenvalue weighted by Crippen LogP contribution is -2.21. The van der Waals surface area contributed by atoms with Gasteiger partial charge in [0.05, 0.1) is 18.5 Å². The molecular formula is C18H21NO3. The molecule has 1 heterocycles. The number of rotatable bonds is 6. The molecule has 0 aliphatic rings. The lowest BCUT2D eigenvalue weighted by atomic mass is 9.90. The maximum Gasteiger partial charge on any atom is 0.309 e. The number of ketones is 1. The molecule has 4 heteroatoms. The Hall–Kier alpha value is -2.23. The number of hydrogen-bond donors (Lipinski definition) is 0. The molecule has 1 aromatic carbocycles. The molecule has 0 spiro atoms. The van der Waals surface area contributed by atoms with Crippen LogP contribution in [0.4, 0.5) is 0 Å².